The van der Waals surface area contributed by atoms with Crippen LogP contribution in [0.25, 0.3) is 0 Å². The van der Waals surface area contributed by atoms with E-state index in [1.807, 2.05) is 0 Å². The highest BCUT2D eigenvalue weighted by Gasteiger charge is 2.44. The van der Waals surface area contributed by atoms with E-state index in [4.69, 9.17) is 0 Å². The van der Waals surface area contributed by atoms with Gasteiger partial charge in [-0.2, -0.15) is 0 Å². The van der Waals surface area contributed by atoms with Gasteiger partial charge in [-0.15, -0.1) is 0 Å². The van der Waals surface area contributed by atoms with Gasteiger partial charge in [-0.3, -0.25) is 0 Å². The summed E-state index contributed by atoms with van der Waals surface area (Å²) in [7, 11) is 0. The Hall–Kier alpha value is 0. The fourth-order valence-corrected chi connectivity index (χ4v) is 4.64. The Labute approximate surface area is 109 Å². The van der Waals surface area contributed by atoms with E-state index < -0.39 is 0 Å². The highest BCUT2D eigenvalue weighted by atomic mass is 14.5. The van der Waals surface area contributed by atoms with Gasteiger partial charge in [0.15, 0.2) is 0 Å². The molecule has 0 nitrogen and oxygen atoms in total. The lowest BCUT2D eigenvalue weighted by Crippen LogP contribution is -2.40. The molecular weight excluding hydrogens is 204 g/mol. The van der Waals surface area contributed by atoms with Crippen LogP contribution in [0.15, 0.2) is 0 Å². The minimum atomic E-state index is 0.715. The number of rotatable bonds is 6. The number of hydrogen-bond donors (Lipinski definition) is 0. The van der Waals surface area contributed by atoms with Gasteiger partial charge in [0.1, 0.15) is 0 Å². The van der Waals surface area contributed by atoms with Crippen LogP contribution in [0.4, 0.5) is 0 Å². The summed E-state index contributed by atoms with van der Waals surface area (Å²) in [6.45, 7) is 9.79. The lowest BCUT2D eigenvalue weighted by molar-refractivity contribution is -0.00569. The molecule has 0 heterocycles. The minimum absolute atomic E-state index is 0.715. The summed E-state index contributed by atoms with van der Waals surface area (Å²) in [5.74, 6) is 2.04. The molecule has 2 fully saturated rings. The van der Waals surface area contributed by atoms with Gasteiger partial charge in [0.05, 0.1) is 0 Å². The van der Waals surface area contributed by atoms with Crippen molar-refractivity contribution in [2.45, 2.75) is 85.5 Å². The Kier molecular flexibility index (Phi) is 3.90. The molecule has 0 amide bonds. The molecular formula is C17H32. The Balaban J connectivity index is 1.77. The monoisotopic (exact) mass is 236 g/mol. The van der Waals surface area contributed by atoms with Crippen LogP contribution in [-0.4, -0.2) is 0 Å². The molecule has 0 aliphatic heterocycles. The van der Waals surface area contributed by atoms with E-state index in [0.717, 1.165) is 17.3 Å². The van der Waals surface area contributed by atoms with Gasteiger partial charge in [-0.05, 0) is 61.2 Å². The zero-order valence-electron chi connectivity index (χ0n) is 12.5. The predicted molar refractivity (Wildman–Crippen MR) is 76.1 cm³/mol. The number of hydrogen-bond acceptors (Lipinski definition) is 0. The lowest BCUT2D eigenvalue weighted by atomic mass is 9.54. The fourth-order valence-electron chi connectivity index (χ4n) is 4.64. The summed E-state index contributed by atoms with van der Waals surface area (Å²) < 4.78 is 0. The molecule has 2 saturated carbocycles. The first-order valence-electron chi connectivity index (χ1n) is 8.02. The molecule has 100 valence electrons. The molecule has 2 rings (SSSR count). The van der Waals surface area contributed by atoms with Crippen LogP contribution < -0.4 is 0 Å². The lowest BCUT2D eigenvalue weighted by Gasteiger charge is -2.51. The van der Waals surface area contributed by atoms with Crippen LogP contribution in [0, 0.1) is 22.7 Å². The van der Waals surface area contributed by atoms with E-state index in [2.05, 4.69) is 27.7 Å². The van der Waals surface area contributed by atoms with Gasteiger partial charge < -0.3 is 0 Å². The van der Waals surface area contributed by atoms with Crippen molar-refractivity contribution < 1.29 is 0 Å². The van der Waals surface area contributed by atoms with Crippen molar-refractivity contribution in [1.82, 2.24) is 0 Å². The summed E-state index contributed by atoms with van der Waals surface area (Å²) >= 11 is 0. The molecule has 17 heavy (non-hydrogen) atoms. The van der Waals surface area contributed by atoms with Crippen molar-refractivity contribution >= 4 is 0 Å². The topological polar surface area (TPSA) is 0 Å². The molecule has 2 aliphatic carbocycles. The van der Waals surface area contributed by atoms with Crippen molar-refractivity contribution in [3.63, 3.8) is 0 Å². The Morgan fingerprint density at radius 3 is 2.24 bits per heavy atom. The smallest absolute Gasteiger partial charge is 0.0297 e. The second kappa shape index (κ2) is 4.94. The largest absolute Gasteiger partial charge is 0.0654 e. The summed E-state index contributed by atoms with van der Waals surface area (Å²) in [6, 6.07) is 0. The van der Waals surface area contributed by atoms with Crippen LogP contribution in [0.5, 0.6) is 0 Å². The highest BCUT2D eigenvalue weighted by Crippen LogP contribution is 2.56. The van der Waals surface area contributed by atoms with Gasteiger partial charge in [-0.1, -0.05) is 47.0 Å². The quantitative estimate of drug-likeness (QED) is 0.546. The van der Waals surface area contributed by atoms with Gasteiger partial charge in [0.2, 0.25) is 0 Å². The van der Waals surface area contributed by atoms with E-state index in [9.17, 15) is 0 Å². The summed E-state index contributed by atoms with van der Waals surface area (Å²) in [6.07, 6.45) is 13.3. The van der Waals surface area contributed by atoms with E-state index in [0.29, 0.717) is 5.41 Å². The van der Waals surface area contributed by atoms with E-state index in [-0.39, 0.29) is 0 Å². The molecule has 0 bridgehead atoms. The first kappa shape index (κ1) is 13.4. The Bertz CT molecular complexity index is 237. The van der Waals surface area contributed by atoms with Crippen LogP contribution in [0.1, 0.15) is 85.5 Å². The molecule has 0 aromatic carbocycles. The molecule has 1 unspecified atom stereocenters. The second-order valence-corrected chi connectivity index (χ2v) is 7.62. The van der Waals surface area contributed by atoms with Gasteiger partial charge in [0, 0.05) is 0 Å². The SMILES string of the molecule is CCCC1(C)CC(C(C)CC2(CC)CCC2)C1. The molecule has 0 radical (unpaired) electrons. The third-order valence-corrected chi connectivity index (χ3v) is 6.09. The third-order valence-electron chi connectivity index (χ3n) is 6.09. The standard InChI is InChI=1S/C17H32/c1-5-8-16(4)12-15(13-16)14(3)11-17(6-2)9-7-10-17/h14-15H,5-13H2,1-4H3. The molecule has 2 aliphatic rings. The maximum Gasteiger partial charge on any atom is -0.0297 e. The molecule has 0 spiro atoms. The first-order valence-corrected chi connectivity index (χ1v) is 8.02. The fraction of sp³-hybridized carbons (Fsp3) is 1.00. The third kappa shape index (κ3) is 2.71. The molecule has 0 heteroatoms. The van der Waals surface area contributed by atoms with Gasteiger partial charge in [0.25, 0.3) is 0 Å². The van der Waals surface area contributed by atoms with Crippen molar-refractivity contribution in [3.05, 3.63) is 0 Å². The summed E-state index contributed by atoms with van der Waals surface area (Å²) in [5, 5.41) is 0. The van der Waals surface area contributed by atoms with Crippen molar-refractivity contribution in [2.75, 3.05) is 0 Å². The second-order valence-electron chi connectivity index (χ2n) is 7.62. The van der Waals surface area contributed by atoms with Crippen LogP contribution in [-0.2, 0) is 0 Å². The van der Waals surface area contributed by atoms with Gasteiger partial charge >= 0.3 is 0 Å². The molecule has 0 N–H and O–H groups in total. The Morgan fingerprint density at radius 2 is 1.82 bits per heavy atom. The first-order chi connectivity index (χ1) is 8.02. The summed E-state index contributed by atoms with van der Waals surface area (Å²) in [5.41, 5.74) is 1.49. The minimum Gasteiger partial charge on any atom is -0.0654 e. The van der Waals surface area contributed by atoms with Crippen molar-refractivity contribution in [2.24, 2.45) is 22.7 Å². The molecule has 0 saturated heterocycles. The van der Waals surface area contributed by atoms with E-state index in [1.54, 1.807) is 0 Å². The highest BCUT2D eigenvalue weighted by molar-refractivity contribution is 4.95. The average molecular weight is 236 g/mol. The zero-order chi connectivity index (χ0) is 12.5. The normalized spacial score (nSPS) is 37.1. The van der Waals surface area contributed by atoms with Crippen LogP contribution in [0.3, 0.4) is 0 Å². The van der Waals surface area contributed by atoms with Gasteiger partial charge in [-0.25, -0.2) is 0 Å². The average Bonchev–Trinajstić information content (AvgIpc) is 2.20. The van der Waals surface area contributed by atoms with Crippen LogP contribution in [0.2, 0.25) is 0 Å². The van der Waals surface area contributed by atoms with E-state index in [1.165, 1.54) is 57.8 Å². The zero-order valence-corrected chi connectivity index (χ0v) is 12.5. The van der Waals surface area contributed by atoms with Crippen molar-refractivity contribution in [1.29, 1.82) is 0 Å². The maximum absolute atomic E-state index is 2.53. The molecule has 1 atom stereocenters. The molecule has 0 aromatic rings. The van der Waals surface area contributed by atoms with Crippen molar-refractivity contribution in [3.8, 4) is 0 Å². The predicted octanol–water partition coefficient (Wildman–Crippen LogP) is 5.81. The van der Waals surface area contributed by atoms with Crippen LogP contribution >= 0.6 is 0 Å². The van der Waals surface area contributed by atoms with E-state index >= 15 is 0 Å². The summed E-state index contributed by atoms with van der Waals surface area (Å²) in [4.78, 5) is 0. The maximum atomic E-state index is 2.53. The Morgan fingerprint density at radius 1 is 1.18 bits per heavy atom. The molecule has 0 aromatic heterocycles.